The Kier molecular flexibility index (Phi) is 4.89. The minimum Gasteiger partial charge on any atom is -0.407 e. The third kappa shape index (κ3) is 5.65. The molecular formula is C11H22N4O2. The summed E-state index contributed by atoms with van der Waals surface area (Å²) in [5.41, 5.74) is 0.0344. The van der Waals surface area contributed by atoms with Gasteiger partial charge in [-0.3, -0.25) is 0 Å². The van der Waals surface area contributed by atoms with Gasteiger partial charge in [0.05, 0.1) is 12.6 Å². The van der Waals surface area contributed by atoms with Crippen molar-refractivity contribution in [2.24, 2.45) is 0 Å². The number of hydrogen-bond donors (Lipinski definition) is 2. The van der Waals surface area contributed by atoms with E-state index in [1.165, 1.54) is 0 Å². The Morgan fingerprint density at radius 1 is 1.35 bits per heavy atom. The van der Waals surface area contributed by atoms with Gasteiger partial charge in [-0.2, -0.15) is 0 Å². The lowest BCUT2D eigenvalue weighted by molar-refractivity contribution is 0.128. The molecule has 0 spiro atoms. The average molecular weight is 242 g/mol. The Bertz CT molecular complexity index is 332. The van der Waals surface area contributed by atoms with Crippen LogP contribution in [-0.2, 0) is 11.3 Å². The summed E-state index contributed by atoms with van der Waals surface area (Å²) in [7, 11) is 1.67. The van der Waals surface area contributed by atoms with Gasteiger partial charge in [0.1, 0.15) is 0 Å². The lowest BCUT2D eigenvalue weighted by Crippen LogP contribution is -2.35. The molecule has 1 aromatic heterocycles. The molecule has 0 fully saturated rings. The molecule has 1 atom stereocenters. The van der Waals surface area contributed by atoms with Gasteiger partial charge in [0.25, 0.3) is 0 Å². The molecule has 0 aliphatic rings. The summed E-state index contributed by atoms with van der Waals surface area (Å²) in [4.78, 5) is 0. The van der Waals surface area contributed by atoms with Crippen LogP contribution in [0, 0.1) is 0 Å². The molecule has 1 aromatic rings. The van der Waals surface area contributed by atoms with E-state index in [4.69, 9.17) is 9.15 Å². The van der Waals surface area contributed by atoms with Crippen molar-refractivity contribution >= 4 is 6.01 Å². The first-order valence-electron chi connectivity index (χ1n) is 5.75. The minimum absolute atomic E-state index is 0.0344. The van der Waals surface area contributed by atoms with E-state index in [0.717, 1.165) is 0 Å². The van der Waals surface area contributed by atoms with E-state index in [0.29, 0.717) is 25.0 Å². The van der Waals surface area contributed by atoms with Crippen LogP contribution in [0.3, 0.4) is 0 Å². The summed E-state index contributed by atoms with van der Waals surface area (Å²) in [6.45, 7) is 9.43. The molecule has 0 aliphatic heterocycles. The normalized spacial score (nSPS) is 13.7. The first-order valence-corrected chi connectivity index (χ1v) is 5.75. The lowest BCUT2D eigenvalue weighted by Gasteiger charge is -2.18. The second-order valence-electron chi connectivity index (χ2n) is 5.03. The average Bonchev–Trinajstić information content (AvgIpc) is 2.70. The number of rotatable bonds is 6. The van der Waals surface area contributed by atoms with Crippen LogP contribution in [0.2, 0.25) is 0 Å². The van der Waals surface area contributed by atoms with Crippen LogP contribution in [0.25, 0.3) is 0 Å². The van der Waals surface area contributed by atoms with Crippen LogP contribution in [0.1, 0.15) is 33.6 Å². The lowest BCUT2D eigenvalue weighted by atomic mass is 10.1. The molecular weight excluding hydrogens is 220 g/mol. The minimum atomic E-state index is 0.0344. The van der Waals surface area contributed by atoms with Gasteiger partial charge in [-0.25, -0.2) is 0 Å². The van der Waals surface area contributed by atoms with E-state index in [-0.39, 0.29) is 11.6 Å². The molecule has 0 radical (unpaired) electrons. The third-order valence-electron chi connectivity index (χ3n) is 2.18. The molecule has 0 saturated heterocycles. The standard InChI is InChI=1S/C11H22N4O2/c1-8(16-5)6-12-10-15-14-9(17-10)7-13-11(2,3)4/h8,13H,6-7H2,1-5H3,(H,12,15). The number of ether oxygens (including phenoxy) is 1. The van der Waals surface area contributed by atoms with Crippen molar-refractivity contribution in [3.8, 4) is 0 Å². The van der Waals surface area contributed by atoms with Crippen LogP contribution in [-0.4, -0.2) is 35.5 Å². The Labute approximate surface area is 102 Å². The van der Waals surface area contributed by atoms with E-state index >= 15 is 0 Å². The highest BCUT2D eigenvalue weighted by Gasteiger charge is 2.12. The van der Waals surface area contributed by atoms with Gasteiger partial charge in [0, 0.05) is 19.2 Å². The zero-order valence-corrected chi connectivity index (χ0v) is 11.2. The summed E-state index contributed by atoms with van der Waals surface area (Å²) < 4.78 is 10.5. The predicted molar refractivity (Wildman–Crippen MR) is 65.9 cm³/mol. The van der Waals surface area contributed by atoms with Gasteiger partial charge in [-0.15, -0.1) is 5.10 Å². The van der Waals surface area contributed by atoms with Gasteiger partial charge in [-0.05, 0) is 27.7 Å². The fourth-order valence-corrected chi connectivity index (χ4v) is 1.05. The molecule has 6 heteroatoms. The van der Waals surface area contributed by atoms with Crippen LogP contribution >= 0.6 is 0 Å². The molecule has 0 bridgehead atoms. The molecule has 0 aromatic carbocycles. The number of nitrogens with one attached hydrogen (secondary N) is 2. The second-order valence-corrected chi connectivity index (χ2v) is 5.03. The maximum atomic E-state index is 5.42. The highest BCUT2D eigenvalue weighted by Crippen LogP contribution is 2.07. The van der Waals surface area contributed by atoms with Crippen LogP contribution in [0.5, 0.6) is 0 Å². The first kappa shape index (κ1) is 13.9. The van der Waals surface area contributed by atoms with Crippen LogP contribution in [0.4, 0.5) is 6.01 Å². The monoisotopic (exact) mass is 242 g/mol. The van der Waals surface area contributed by atoms with Gasteiger partial charge in [-0.1, -0.05) is 5.10 Å². The number of methoxy groups -OCH3 is 1. The van der Waals surface area contributed by atoms with Gasteiger partial charge in [0.15, 0.2) is 0 Å². The molecule has 0 saturated carbocycles. The van der Waals surface area contributed by atoms with Crippen molar-refractivity contribution in [3.63, 3.8) is 0 Å². The SMILES string of the molecule is COC(C)CNc1nnc(CNC(C)(C)C)o1. The number of aromatic nitrogens is 2. The number of anilines is 1. The Morgan fingerprint density at radius 3 is 2.65 bits per heavy atom. The fraction of sp³-hybridized carbons (Fsp3) is 0.818. The Hall–Kier alpha value is -1.14. The van der Waals surface area contributed by atoms with E-state index in [1.54, 1.807) is 7.11 Å². The van der Waals surface area contributed by atoms with Crippen molar-refractivity contribution in [1.82, 2.24) is 15.5 Å². The molecule has 98 valence electrons. The smallest absolute Gasteiger partial charge is 0.315 e. The summed E-state index contributed by atoms with van der Waals surface area (Å²) in [6.07, 6.45) is 0.109. The number of nitrogens with zero attached hydrogens (tertiary/aromatic N) is 2. The van der Waals surface area contributed by atoms with Crippen LogP contribution in [0.15, 0.2) is 4.42 Å². The first-order chi connectivity index (χ1) is 7.90. The van der Waals surface area contributed by atoms with Crippen molar-refractivity contribution in [3.05, 3.63) is 5.89 Å². The zero-order chi connectivity index (χ0) is 12.9. The topological polar surface area (TPSA) is 72.2 Å². The number of hydrogen-bond acceptors (Lipinski definition) is 6. The summed E-state index contributed by atoms with van der Waals surface area (Å²) >= 11 is 0. The summed E-state index contributed by atoms with van der Waals surface area (Å²) in [5.74, 6) is 0.576. The summed E-state index contributed by atoms with van der Waals surface area (Å²) in [6, 6.07) is 0.430. The molecule has 0 aliphatic carbocycles. The third-order valence-corrected chi connectivity index (χ3v) is 2.18. The van der Waals surface area contributed by atoms with Crippen molar-refractivity contribution in [2.45, 2.75) is 45.9 Å². The van der Waals surface area contributed by atoms with Gasteiger partial charge in [0.2, 0.25) is 5.89 Å². The highest BCUT2D eigenvalue weighted by atomic mass is 16.5. The maximum absolute atomic E-state index is 5.42. The largest absolute Gasteiger partial charge is 0.407 e. The highest BCUT2D eigenvalue weighted by molar-refractivity contribution is 5.16. The van der Waals surface area contributed by atoms with E-state index in [2.05, 4.69) is 41.6 Å². The molecule has 2 N–H and O–H groups in total. The molecule has 0 amide bonds. The molecule has 1 rings (SSSR count). The van der Waals surface area contributed by atoms with Gasteiger partial charge < -0.3 is 19.8 Å². The zero-order valence-electron chi connectivity index (χ0n) is 11.2. The summed E-state index contributed by atoms with van der Waals surface area (Å²) in [5, 5.41) is 14.1. The predicted octanol–water partition coefficient (Wildman–Crippen LogP) is 1.40. The molecule has 1 heterocycles. The van der Waals surface area contributed by atoms with Crippen LogP contribution < -0.4 is 10.6 Å². The van der Waals surface area contributed by atoms with E-state index < -0.39 is 0 Å². The maximum Gasteiger partial charge on any atom is 0.315 e. The molecule has 6 nitrogen and oxygen atoms in total. The Balaban J connectivity index is 2.37. The fourth-order valence-electron chi connectivity index (χ4n) is 1.05. The van der Waals surface area contributed by atoms with Crippen molar-refractivity contribution < 1.29 is 9.15 Å². The quantitative estimate of drug-likeness (QED) is 0.785. The van der Waals surface area contributed by atoms with E-state index in [9.17, 15) is 0 Å². The van der Waals surface area contributed by atoms with Gasteiger partial charge >= 0.3 is 6.01 Å². The molecule has 17 heavy (non-hydrogen) atoms. The van der Waals surface area contributed by atoms with Crippen molar-refractivity contribution in [2.75, 3.05) is 19.0 Å². The second kappa shape index (κ2) is 5.97. The molecule has 1 unspecified atom stereocenters. The van der Waals surface area contributed by atoms with E-state index in [1.807, 2.05) is 6.92 Å². The Morgan fingerprint density at radius 2 is 2.06 bits per heavy atom. The van der Waals surface area contributed by atoms with Crippen molar-refractivity contribution in [1.29, 1.82) is 0 Å².